The zero-order valence-electron chi connectivity index (χ0n) is 30.1. The molecule has 3 aliphatic rings. The predicted octanol–water partition coefficient (Wildman–Crippen LogP) is 5.17. The number of fused-ring (bicyclic) bond motifs is 3. The van der Waals surface area contributed by atoms with E-state index < -0.39 is 47.1 Å². The molecule has 0 spiro atoms. The zero-order chi connectivity index (χ0) is 40.5. The molecule has 4 unspecified atom stereocenters. The van der Waals surface area contributed by atoms with E-state index >= 15 is 0 Å². The van der Waals surface area contributed by atoms with Gasteiger partial charge in [-0.1, -0.05) is 91.0 Å². The Hall–Kier alpha value is -5.15. The van der Waals surface area contributed by atoms with Crippen LogP contribution in [0.25, 0.3) is 0 Å². The number of hydrogen-bond donors (Lipinski definition) is 0. The summed E-state index contributed by atoms with van der Waals surface area (Å²) in [6, 6.07) is 29.0. The first kappa shape index (κ1) is 40.1. The first-order valence-electron chi connectivity index (χ1n) is 17.6. The van der Waals surface area contributed by atoms with Crippen LogP contribution in [0.15, 0.2) is 106 Å². The van der Waals surface area contributed by atoms with Gasteiger partial charge in [-0.25, -0.2) is 50.0 Å². The maximum Gasteiger partial charge on any atom is 0.344 e. The summed E-state index contributed by atoms with van der Waals surface area (Å²) in [5.74, 6) is -4.64. The van der Waals surface area contributed by atoms with Crippen molar-refractivity contribution in [3.8, 4) is 0 Å². The van der Waals surface area contributed by atoms with Gasteiger partial charge in [0.1, 0.15) is 17.5 Å². The Bertz CT molecular complexity index is 2590. The van der Waals surface area contributed by atoms with E-state index in [0.29, 0.717) is 24.5 Å². The zero-order valence-corrected chi connectivity index (χ0v) is 32.5. The lowest BCUT2D eigenvalue weighted by molar-refractivity contribution is 0.233. The van der Waals surface area contributed by atoms with Crippen molar-refractivity contribution in [1.82, 2.24) is 44.3 Å². The molecule has 3 aromatic carbocycles. The van der Waals surface area contributed by atoms with Crippen LogP contribution in [0.3, 0.4) is 0 Å². The molecule has 21 heteroatoms. The van der Waals surface area contributed by atoms with Crippen LogP contribution in [0.5, 0.6) is 0 Å². The molecule has 9 rings (SSSR count). The van der Waals surface area contributed by atoms with Crippen molar-refractivity contribution in [2.24, 2.45) is 0 Å². The highest BCUT2D eigenvalue weighted by Crippen LogP contribution is 2.33. The van der Waals surface area contributed by atoms with E-state index in [1.165, 1.54) is 4.68 Å². The van der Waals surface area contributed by atoms with Crippen molar-refractivity contribution < 1.29 is 38.6 Å². The summed E-state index contributed by atoms with van der Waals surface area (Å²) in [5.41, 5.74) is 3.15. The third-order valence-corrected chi connectivity index (χ3v) is 12.4. The van der Waals surface area contributed by atoms with Crippen molar-refractivity contribution >= 4 is 30.5 Å². The SMILES string of the molecule is CS(=O)(=O)c1nc2n(n1)C(c1ccccc1)CC2.O=S(=O)(c1nc2n(n1)C(c1ccccc1)CC2)C(F)F.O=S(c1nc2n(n1)C(c1ccccc1)CC2)C(F)F. The third-order valence-electron chi connectivity index (χ3n) is 9.57. The summed E-state index contributed by atoms with van der Waals surface area (Å²) in [6.45, 7) is 0. The van der Waals surface area contributed by atoms with Crippen LogP contribution in [0, 0.1) is 0 Å². The molecule has 6 aromatic rings. The standard InChI is InChI=1S/C12H11F2N3O2S.C12H11F2N3OS.C12H13N3O2S/c13-11(14)20(18,19)12-15-10-7-6-9(17(10)16-12)8-4-2-1-3-5-8;13-11(14)19(18)12-15-10-7-6-9(17(10)16-12)8-4-2-1-3-5-8;1-18(16,17)12-13-11-8-7-10(15(11)14-12)9-5-3-2-4-6-9/h1-5,9,11H,6-7H2;1-5,9,11H,6-7H2;2-6,10H,7-8H2,1H3. The Morgan fingerprint density at radius 1 is 0.579 bits per heavy atom. The largest absolute Gasteiger partial charge is 0.344 e. The van der Waals surface area contributed by atoms with Gasteiger partial charge in [-0.05, 0) is 36.0 Å². The Balaban J connectivity index is 0.000000131. The van der Waals surface area contributed by atoms with Gasteiger partial charge in [0.05, 0.1) is 18.1 Å². The lowest BCUT2D eigenvalue weighted by Gasteiger charge is -2.11. The van der Waals surface area contributed by atoms with Crippen molar-refractivity contribution in [3.63, 3.8) is 0 Å². The summed E-state index contributed by atoms with van der Waals surface area (Å²) < 4.78 is 112. The average molecular weight is 846 g/mol. The normalized spacial score (nSPS) is 19.0. The van der Waals surface area contributed by atoms with Crippen LogP contribution >= 0.6 is 0 Å². The number of sulfone groups is 2. The molecule has 0 N–H and O–H groups in total. The highest BCUT2D eigenvalue weighted by molar-refractivity contribution is 7.91. The van der Waals surface area contributed by atoms with Gasteiger partial charge in [0.25, 0.3) is 20.2 Å². The molecular formula is C36H35F4N9O5S3. The van der Waals surface area contributed by atoms with Gasteiger partial charge in [0.15, 0.2) is 10.8 Å². The number of aromatic nitrogens is 9. The first-order valence-corrected chi connectivity index (χ1v) is 22.3. The van der Waals surface area contributed by atoms with E-state index in [1.807, 2.05) is 91.0 Å². The molecule has 0 saturated carbocycles. The molecule has 300 valence electrons. The van der Waals surface area contributed by atoms with Crippen LogP contribution < -0.4 is 0 Å². The summed E-state index contributed by atoms with van der Waals surface area (Å²) in [5, 5.41) is 10.8. The van der Waals surface area contributed by atoms with Crippen molar-refractivity contribution in [1.29, 1.82) is 0 Å². The highest BCUT2D eigenvalue weighted by atomic mass is 32.2. The molecular weight excluding hydrogens is 811 g/mol. The maximum absolute atomic E-state index is 12.5. The fourth-order valence-corrected chi connectivity index (χ4v) is 8.52. The van der Waals surface area contributed by atoms with Crippen molar-refractivity contribution in [2.75, 3.05) is 6.26 Å². The minimum atomic E-state index is -4.74. The van der Waals surface area contributed by atoms with E-state index in [0.717, 1.165) is 54.5 Å². The number of halogens is 4. The minimum absolute atomic E-state index is 0.00729. The number of aryl methyl sites for hydroxylation is 3. The fraction of sp³-hybridized carbons (Fsp3) is 0.333. The Morgan fingerprint density at radius 3 is 1.33 bits per heavy atom. The van der Waals surface area contributed by atoms with E-state index in [4.69, 9.17) is 0 Å². The van der Waals surface area contributed by atoms with Crippen molar-refractivity contribution in [3.05, 3.63) is 125 Å². The Labute approximate surface area is 327 Å². The van der Waals surface area contributed by atoms with E-state index in [1.54, 1.807) is 9.36 Å². The van der Waals surface area contributed by atoms with Crippen LogP contribution in [0.4, 0.5) is 17.6 Å². The van der Waals surface area contributed by atoms with Crippen LogP contribution in [-0.4, -0.2) is 83.1 Å². The molecule has 0 bridgehead atoms. The number of alkyl halides is 4. The van der Waals surface area contributed by atoms with Gasteiger partial charge in [-0.15, -0.1) is 15.3 Å². The number of benzene rings is 3. The number of nitrogens with zero attached hydrogens (tertiary/aromatic N) is 9. The molecule has 4 atom stereocenters. The highest BCUT2D eigenvalue weighted by Gasteiger charge is 2.36. The van der Waals surface area contributed by atoms with E-state index in [-0.39, 0.29) is 28.4 Å². The molecule has 0 fully saturated rings. The molecule has 0 radical (unpaired) electrons. The number of hydrogen-bond acceptors (Lipinski definition) is 11. The third kappa shape index (κ3) is 8.45. The van der Waals surface area contributed by atoms with Crippen LogP contribution in [-0.2, 0) is 49.7 Å². The second kappa shape index (κ2) is 16.4. The van der Waals surface area contributed by atoms with Gasteiger partial charge in [-0.3, -0.25) is 0 Å². The minimum Gasteiger partial charge on any atom is -0.245 e. The predicted molar refractivity (Wildman–Crippen MR) is 197 cm³/mol. The molecule has 57 heavy (non-hydrogen) atoms. The topological polar surface area (TPSA) is 177 Å². The van der Waals surface area contributed by atoms with Crippen LogP contribution in [0.1, 0.15) is 71.6 Å². The summed E-state index contributed by atoms with van der Waals surface area (Å²) in [4.78, 5) is 11.8. The van der Waals surface area contributed by atoms with Crippen molar-refractivity contribution in [2.45, 2.75) is 83.6 Å². The van der Waals surface area contributed by atoms with Gasteiger partial charge < -0.3 is 0 Å². The molecule has 3 aromatic heterocycles. The Kier molecular flexibility index (Phi) is 11.5. The lowest BCUT2D eigenvalue weighted by Crippen LogP contribution is -2.15. The molecule has 3 aliphatic heterocycles. The average Bonchev–Trinajstić information content (AvgIpc) is 4.04. The van der Waals surface area contributed by atoms with Gasteiger partial charge in [-0.2, -0.15) is 17.6 Å². The van der Waals surface area contributed by atoms with E-state index in [9.17, 15) is 38.6 Å². The fourth-order valence-electron chi connectivity index (χ4n) is 6.90. The summed E-state index contributed by atoms with van der Waals surface area (Å²) >= 11 is 0. The second-order valence-electron chi connectivity index (χ2n) is 13.3. The first-order chi connectivity index (χ1) is 27.2. The van der Waals surface area contributed by atoms with E-state index in [2.05, 4.69) is 30.2 Å². The maximum atomic E-state index is 12.5. The van der Waals surface area contributed by atoms with Gasteiger partial charge in [0, 0.05) is 25.5 Å². The summed E-state index contributed by atoms with van der Waals surface area (Å²) in [7, 11) is -10.5. The molecule has 0 aliphatic carbocycles. The number of rotatable bonds is 8. The van der Waals surface area contributed by atoms with Crippen LogP contribution in [0.2, 0.25) is 0 Å². The van der Waals surface area contributed by atoms with Gasteiger partial charge >= 0.3 is 11.5 Å². The summed E-state index contributed by atoms with van der Waals surface area (Å²) in [6.07, 6.45) is 5.56. The smallest absolute Gasteiger partial charge is 0.245 e. The molecule has 6 heterocycles. The lowest BCUT2D eigenvalue weighted by atomic mass is 10.1. The second-order valence-corrected chi connectivity index (χ2v) is 18.3. The van der Waals surface area contributed by atoms with Gasteiger partial charge in [0.2, 0.25) is 15.0 Å². The molecule has 0 amide bonds. The molecule has 0 saturated heterocycles. The molecule has 14 nitrogen and oxygen atoms in total. The Morgan fingerprint density at radius 2 is 0.947 bits per heavy atom. The monoisotopic (exact) mass is 845 g/mol. The quantitative estimate of drug-likeness (QED) is 0.185.